The lowest BCUT2D eigenvalue weighted by atomic mass is 10.1. The second-order valence-corrected chi connectivity index (χ2v) is 5.66. The van der Waals surface area contributed by atoms with E-state index in [1.807, 2.05) is 38.1 Å². The van der Waals surface area contributed by atoms with Gasteiger partial charge in [0.2, 0.25) is 0 Å². The van der Waals surface area contributed by atoms with Gasteiger partial charge in [-0.1, -0.05) is 24.3 Å². The van der Waals surface area contributed by atoms with Crippen molar-refractivity contribution in [2.24, 2.45) is 0 Å². The monoisotopic (exact) mass is 328 g/mol. The van der Waals surface area contributed by atoms with Gasteiger partial charge < -0.3 is 10.1 Å². The number of nitrogens with zero attached hydrogens (tertiary/aromatic N) is 1. The van der Waals surface area contributed by atoms with Gasteiger partial charge in [0.15, 0.2) is 0 Å². The Morgan fingerprint density at radius 1 is 1.21 bits per heavy atom. The number of aryl methyl sites for hydroxylation is 1. The summed E-state index contributed by atoms with van der Waals surface area (Å²) in [5.41, 5.74) is 1.61. The van der Waals surface area contributed by atoms with E-state index < -0.39 is 4.92 Å². The summed E-state index contributed by atoms with van der Waals surface area (Å²) in [6.45, 7) is 5.65. The van der Waals surface area contributed by atoms with Crippen LogP contribution in [-0.4, -0.2) is 23.5 Å². The van der Waals surface area contributed by atoms with Crippen molar-refractivity contribution in [2.45, 2.75) is 26.8 Å². The predicted octanol–water partition coefficient (Wildman–Crippen LogP) is 3.41. The van der Waals surface area contributed by atoms with Gasteiger partial charge in [0.1, 0.15) is 12.4 Å². The Hall–Kier alpha value is -2.89. The fourth-order valence-corrected chi connectivity index (χ4v) is 2.34. The average molecular weight is 328 g/mol. The lowest BCUT2D eigenvalue weighted by molar-refractivity contribution is -0.385. The van der Waals surface area contributed by atoms with Crippen LogP contribution in [0.15, 0.2) is 42.5 Å². The molecule has 0 unspecified atom stereocenters. The number of carbonyl (C=O) groups excluding carboxylic acids is 1. The van der Waals surface area contributed by atoms with E-state index in [2.05, 4.69) is 5.32 Å². The van der Waals surface area contributed by atoms with Crippen molar-refractivity contribution in [3.05, 3.63) is 69.3 Å². The van der Waals surface area contributed by atoms with Crippen molar-refractivity contribution < 1.29 is 14.5 Å². The van der Waals surface area contributed by atoms with E-state index in [4.69, 9.17) is 4.74 Å². The molecule has 0 fully saturated rings. The molecule has 0 bridgehead atoms. The van der Waals surface area contributed by atoms with Crippen molar-refractivity contribution in [3.63, 3.8) is 0 Å². The van der Waals surface area contributed by atoms with Gasteiger partial charge >= 0.3 is 0 Å². The minimum atomic E-state index is -0.489. The van der Waals surface area contributed by atoms with Crippen LogP contribution in [0.3, 0.4) is 0 Å². The third-order valence-electron chi connectivity index (χ3n) is 3.71. The first-order chi connectivity index (χ1) is 11.4. The zero-order valence-electron chi connectivity index (χ0n) is 13.9. The van der Waals surface area contributed by atoms with Crippen LogP contribution in [-0.2, 0) is 0 Å². The fraction of sp³-hybridized carbons (Fsp3) is 0.278. The van der Waals surface area contributed by atoms with Gasteiger partial charge in [-0.25, -0.2) is 0 Å². The zero-order chi connectivity index (χ0) is 17.7. The molecule has 0 aromatic heterocycles. The van der Waals surface area contributed by atoms with Crippen molar-refractivity contribution in [3.8, 4) is 5.75 Å². The van der Waals surface area contributed by atoms with Crippen LogP contribution in [0, 0.1) is 24.0 Å². The molecule has 1 amide bonds. The Labute approximate surface area is 140 Å². The molecule has 0 heterocycles. The summed E-state index contributed by atoms with van der Waals surface area (Å²) >= 11 is 0. The van der Waals surface area contributed by atoms with E-state index in [0.717, 1.165) is 11.3 Å². The van der Waals surface area contributed by atoms with Crippen molar-refractivity contribution in [2.75, 3.05) is 6.61 Å². The molecule has 0 aliphatic rings. The van der Waals surface area contributed by atoms with Gasteiger partial charge in [-0.2, -0.15) is 0 Å². The molecule has 0 aliphatic carbocycles. The number of para-hydroxylation sites is 1. The molecule has 24 heavy (non-hydrogen) atoms. The SMILES string of the molecule is Cc1ccccc1OC[C@@H](C)NC(=O)c1cccc([N+](=O)[O-])c1C. The lowest BCUT2D eigenvalue weighted by Gasteiger charge is -2.16. The molecule has 126 valence electrons. The van der Waals surface area contributed by atoms with Gasteiger partial charge in [0, 0.05) is 17.2 Å². The second-order valence-electron chi connectivity index (χ2n) is 5.66. The summed E-state index contributed by atoms with van der Waals surface area (Å²) in [5.74, 6) is 0.419. The van der Waals surface area contributed by atoms with Gasteiger partial charge in [-0.3, -0.25) is 14.9 Å². The summed E-state index contributed by atoms with van der Waals surface area (Å²) in [6.07, 6.45) is 0. The Morgan fingerprint density at radius 2 is 1.92 bits per heavy atom. The van der Waals surface area contributed by atoms with Gasteiger partial charge in [-0.15, -0.1) is 0 Å². The molecule has 6 heteroatoms. The molecule has 6 nitrogen and oxygen atoms in total. The summed E-state index contributed by atoms with van der Waals surface area (Å²) in [5, 5.41) is 13.8. The van der Waals surface area contributed by atoms with E-state index in [0.29, 0.717) is 17.7 Å². The fourth-order valence-electron chi connectivity index (χ4n) is 2.34. The number of ether oxygens (including phenoxy) is 1. The number of benzene rings is 2. The molecule has 0 saturated heterocycles. The highest BCUT2D eigenvalue weighted by Crippen LogP contribution is 2.21. The predicted molar refractivity (Wildman–Crippen MR) is 91.4 cm³/mol. The minimum absolute atomic E-state index is 0.0635. The highest BCUT2D eigenvalue weighted by Gasteiger charge is 2.19. The first kappa shape index (κ1) is 17.5. The molecule has 0 aliphatic heterocycles. The van der Waals surface area contributed by atoms with E-state index in [9.17, 15) is 14.9 Å². The summed E-state index contributed by atoms with van der Waals surface area (Å²) in [6, 6.07) is 11.9. The van der Waals surface area contributed by atoms with Crippen LogP contribution in [0.5, 0.6) is 5.75 Å². The Kier molecular flexibility index (Phi) is 5.52. The van der Waals surface area contributed by atoms with E-state index in [1.165, 1.54) is 12.1 Å². The molecule has 0 spiro atoms. The number of hydrogen-bond acceptors (Lipinski definition) is 4. The first-order valence-corrected chi connectivity index (χ1v) is 7.63. The third-order valence-corrected chi connectivity index (χ3v) is 3.71. The molecule has 2 rings (SSSR count). The maximum Gasteiger partial charge on any atom is 0.273 e. The number of nitro groups is 1. The lowest BCUT2D eigenvalue weighted by Crippen LogP contribution is -2.37. The largest absolute Gasteiger partial charge is 0.491 e. The van der Waals surface area contributed by atoms with Gasteiger partial charge in [0.05, 0.1) is 11.0 Å². The molecule has 1 atom stereocenters. The van der Waals surface area contributed by atoms with Gasteiger partial charge in [0.25, 0.3) is 11.6 Å². The maximum atomic E-state index is 12.3. The number of hydrogen-bond donors (Lipinski definition) is 1. The summed E-state index contributed by atoms with van der Waals surface area (Å²) in [7, 11) is 0. The normalized spacial score (nSPS) is 11.6. The Bertz CT molecular complexity index is 758. The minimum Gasteiger partial charge on any atom is -0.491 e. The van der Waals surface area contributed by atoms with Crippen molar-refractivity contribution >= 4 is 11.6 Å². The average Bonchev–Trinajstić information content (AvgIpc) is 2.54. The topological polar surface area (TPSA) is 81.5 Å². The number of carbonyl (C=O) groups is 1. The van der Waals surface area contributed by atoms with E-state index in [-0.39, 0.29) is 17.6 Å². The van der Waals surface area contributed by atoms with Crippen LogP contribution < -0.4 is 10.1 Å². The van der Waals surface area contributed by atoms with Crippen LogP contribution in [0.4, 0.5) is 5.69 Å². The second kappa shape index (κ2) is 7.59. The number of amides is 1. The number of nitrogens with one attached hydrogen (secondary N) is 1. The van der Waals surface area contributed by atoms with Crippen LogP contribution in [0.25, 0.3) is 0 Å². The zero-order valence-corrected chi connectivity index (χ0v) is 13.9. The summed E-state index contributed by atoms with van der Waals surface area (Å²) < 4.78 is 5.70. The molecular formula is C18H20N2O4. The molecule has 2 aromatic carbocycles. The Balaban J connectivity index is 2.01. The number of rotatable bonds is 6. The third kappa shape index (κ3) is 4.10. The highest BCUT2D eigenvalue weighted by molar-refractivity contribution is 5.96. The Morgan fingerprint density at radius 3 is 2.58 bits per heavy atom. The smallest absolute Gasteiger partial charge is 0.273 e. The number of nitro benzene ring substituents is 1. The van der Waals surface area contributed by atoms with Crippen molar-refractivity contribution in [1.29, 1.82) is 0 Å². The molecule has 0 radical (unpaired) electrons. The highest BCUT2D eigenvalue weighted by atomic mass is 16.6. The quantitative estimate of drug-likeness (QED) is 0.651. The van der Waals surface area contributed by atoms with Crippen LogP contribution in [0.2, 0.25) is 0 Å². The standard InChI is InChI=1S/C18H20N2O4/c1-12-7-4-5-10-17(12)24-11-13(2)19-18(21)15-8-6-9-16(14(15)3)20(22)23/h4-10,13H,11H2,1-3H3,(H,19,21)/t13-/m1/s1. The molecule has 1 N–H and O–H groups in total. The van der Waals surface area contributed by atoms with Crippen LogP contribution >= 0.6 is 0 Å². The molecule has 2 aromatic rings. The van der Waals surface area contributed by atoms with E-state index >= 15 is 0 Å². The van der Waals surface area contributed by atoms with Crippen LogP contribution in [0.1, 0.15) is 28.4 Å². The molecular weight excluding hydrogens is 308 g/mol. The first-order valence-electron chi connectivity index (χ1n) is 7.63. The van der Waals surface area contributed by atoms with Gasteiger partial charge in [-0.05, 0) is 38.5 Å². The van der Waals surface area contributed by atoms with Crippen molar-refractivity contribution in [1.82, 2.24) is 5.32 Å². The van der Waals surface area contributed by atoms with E-state index in [1.54, 1.807) is 13.0 Å². The molecule has 0 saturated carbocycles. The summed E-state index contributed by atoms with van der Waals surface area (Å²) in [4.78, 5) is 22.8. The maximum absolute atomic E-state index is 12.3.